The number of esters is 4. The Bertz CT molecular complexity index is 4510. The predicted octanol–water partition coefficient (Wildman–Crippen LogP) is 16.8. The number of benzene rings is 8. The molecule has 103 heavy (non-hydrogen) atoms. The first-order valence-electron chi connectivity index (χ1n) is 35.7. The number of carbonyl (C=O) groups is 4. The number of para-hydroxylation sites is 3. The zero-order valence-electron chi connectivity index (χ0n) is 60.9. The third-order valence-corrected chi connectivity index (χ3v) is 25.2. The molecule has 0 aliphatic carbocycles. The van der Waals surface area contributed by atoms with E-state index in [0.717, 1.165) is 131 Å². The molecule has 0 aromatic heterocycles. The van der Waals surface area contributed by atoms with Gasteiger partial charge in [-0.25, -0.2) is 4.39 Å². The van der Waals surface area contributed by atoms with Crippen LogP contribution in [-0.2, 0) is 56.1 Å². The number of likely N-dealkylation sites (tertiary alicyclic amines) is 1. The highest BCUT2D eigenvalue weighted by Crippen LogP contribution is 2.54. The number of ether oxygens (including phenoxy) is 3. The number of fused-ring (bicyclic) bond motifs is 8. The predicted molar refractivity (Wildman–Crippen MR) is 416 cm³/mol. The van der Waals surface area contributed by atoms with Crippen LogP contribution >= 0.6 is 47.0 Å². The van der Waals surface area contributed by atoms with Crippen LogP contribution < -0.4 is 19.6 Å². The number of anilines is 8. The standard InChI is InChI=1S/C83H93FN8O7S4/c1-55(87(10)11)52-92-63-24-14-17-27-71(63)102-75-37-31-59(50-68(75)92)83(5,80(96)99-77(93)47-56-28-34-72-65(46-56)91(45-44-86(8)9)64-33-32-60(84)51-76(64)103-72)54-98-79(95)82(4,58-30-36-74-67(49-58)89(42-20-38-85(6)7)61-22-12-15-25-69(61)101-74)53-97-78(94)81(2,3)57-29-35-73-66(48-57)90(43-21-41-88-39-18-19-40-88)62-23-13-16-26-70(62)100-73/h12-17,22-37,46,48-51,55H,18-21,38-45,47,52-54H2,1-11H3. The van der Waals surface area contributed by atoms with Crippen LogP contribution in [0.4, 0.5) is 49.9 Å². The van der Waals surface area contributed by atoms with E-state index in [0.29, 0.717) is 42.9 Å². The molecule has 538 valence electrons. The average molecular weight is 1460 g/mol. The molecule has 5 heterocycles. The summed E-state index contributed by atoms with van der Waals surface area (Å²) in [5.74, 6) is -3.32. The number of hydrogen-bond acceptors (Lipinski definition) is 19. The highest BCUT2D eigenvalue weighted by Gasteiger charge is 2.47. The van der Waals surface area contributed by atoms with E-state index in [2.05, 4.69) is 135 Å². The topological polar surface area (TPSA) is 122 Å². The normalized spacial score (nSPS) is 16.0. The maximum Gasteiger partial charge on any atom is 0.327 e. The van der Waals surface area contributed by atoms with Crippen molar-refractivity contribution in [2.45, 2.75) is 128 Å². The van der Waals surface area contributed by atoms with Gasteiger partial charge in [0.2, 0.25) is 0 Å². The Morgan fingerprint density at radius 3 is 1.47 bits per heavy atom. The highest BCUT2D eigenvalue weighted by molar-refractivity contribution is 8.00. The molecule has 0 radical (unpaired) electrons. The van der Waals surface area contributed by atoms with Gasteiger partial charge in [0.25, 0.3) is 0 Å². The van der Waals surface area contributed by atoms with Gasteiger partial charge in [0.15, 0.2) is 0 Å². The average Bonchev–Trinajstić information content (AvgIpc) is 0.908. The van der Waals surface area contributed by atoms with Crippen molar-refractivity contribution in [2.24, 2.45) is 0 Å². The fourth-order valence-corrected chi connectivity index (χ4v) is 18.4. The van der Waals surface area contributed by atoms with Crippen molar-refractivity contribution in [3.63, 3.8) is 0 Å². The molecule has 0 spiro atoms. The van der Waals surface area contributed by atoms with E-state index in [1.165, 1.54) is 35.6 Å². The minimum atomic E-state index is -1.80. The molecule has 8 aromatic carbocycles. The molecule has 3 atom stereocenters. The van der Waals surface area contributed by atoms with E-state index in [9.17, 15) is 9.18 Å². The van der Waals surface area contributed by atoms with Crippen LogP contribution in [-0.4, -0.2) is 164 Å². The Labute approximate surface area is 623 Å². The van der Waals surface area contributed by atoms with Crippen molar-refractivity contribution >= 4 is 116 Å². The molecule has 3 unspecified atom stereocenters. The molecule has 8 aromatic rings. The molecular weight excluding hydrogens is 1370 g/mol. The van der Waals surface area contributed by atoms with Crippen molar-refractivity contribution in [1.82, 2.24) is 19.6 Å². The summed E-state index contributed by atoms with van der Waals surface area (Å²) in [4.78, 5) is 88.0. The fraction of sp³-hybridized carbons (Fsp3) is 0.373. The Hall–Kier alpha value is -7.79. The van der Waals surface area contributed by atoms with Crippen LogP contribution in [0.25, 0.3) is 0 Å². The lowest BCUT2D eigenvalue weighted by Gasteiger charge is -2.37. The first-order valence-corrected chi connectivity index (χ1v) is 38.9. The SMILES string of the molecule is CC(CN1c2ccccc2Sc2ccc(C(C)(COC(=O)C(C)(COC(=O)C(C)(C)c3ccc4c(c3)N(CCCN3CCCC3)c3ccccc3S4)c3ccc4c(c3)N(CCCN(C)C)c3ccccc3S4)C(=O)OC(=O)Cc3ccc4c(c3)N(CCN(C)C)c3ccc(F)cc3S4)cc21)N(C)C. The second-order valence-electron chi connectivity index (χ2n) is 29.4. The largest absolute Gasteiger partial charge is 0.463 e. The van der Waals surface area contributed by atoms with E-state index in [1.54, 1.807) is 61.3 Å². The monoisotopic (exact) mass is 1460 g/mol. The van der Waals surface area contributed by atoms with Gasteiger partial charge in [-0.05, 0) is 254 Å². The van der Waals surface area contributed by atoms with Gasteiger partial charge in [-0.2, -0.15) is 0 Å². The molecule has 5 aliphatic rings. The van der Waals surface area contributed by atoms with Crippen molar-refractivity contribution in [3.8, 4) is 0 Å². The molecule has 0 saturated carbocycles. The molecular formula is C83H93FN8O7S4. The van der Waals surface area contributed by atoms with Gasteiger partial charge >= 0.3 is 23.9 Å². The molecule has 0 N–H and O–H groups in total. The summed E-state index contributed by atoms with van der Waals surface area (Å²) < 4.78 is 34.1. The second-order valence-corrected chi connectivity index (χ2v) is 33.7. The number of halogens is 1. The van der Waals surface area contributed by atoms with Crippen molar-refractivity contribution < 1.29 is 37.8 Å². The maximum atomic E-state index is 16.1. The summed E-state index contributed by atoms with van der Waals surface area (Å²) in [7, 11) is 12.2. The Balaban J connectivity index is 0.842. The van der Waals surface area contributed by atoms with Gasteiger partial charge in [0.05, 0.1) is 57.3 Å². The second kappa shape index (κ2) is 31.1. The Morgan fingerprint density at radius 1 is 0.456 bits per heavy atom. The van der Waals surface area contributed by atoms with Gasteiger partial charge in [0, 0.05) is 77.9 Å². The molecule has 15 nitrogen and oxygen atoms in total. The van der Waals surface area contributed by atoms with E-state index in [-0.39, 0.29) is 18.3 Å². The van der Waals surface area contributed by atoms with Crippen LogP contribution in [0.5, 0.6) is 0 Å². The summed E-state index contributed by atoms with van der Waals surface area (Å²) in [6, 6.07) is 53.7. The smallest absolute Gasteiger partial charge is 0.327 e. The molecule has 0 amide bonds. The highest BCUT2D eigenvalue weighted by atomic mass is 32.2. The van der Waals surface area contributed by atoms with Crippen LogP contribution in [0.1, 0.15) is 82.6 Å². The minimum Gasteiger partial charge on any atom is -0.463 e. The first kappa shape index (κ1) is 73.5. The van der Waals surface area contributed by atoms with Crippen LogP contribution in [0.15, 0.2) is 203 Å². The van der Waals surface area contributed by atoms with Crippen molar-refractivity contribution in [1.29, 1.82) is 0 Å². The third kappa shape index (κ3) is 15.7. The Kier molecular flexibility index (Phi) is 22.2. The van der Waals surface area contributed by atoms with E-state index in [1.807, 2.05) is 113 Å². The summed E-state index contributed by atoms with van der Waals surface area (Å²) in [5, 5.41) is 0. The zero-order valence-corrected chi connectivity index (χ0v) is 64.2. The van der Waals surface area contributed by atoms with Gasteiger partial charge in [0.1, 0.15) is 29.9 Å². The van der Waals surface area contributed by atoms with E-state index in [4.69, 9.17) is 14.2 Å². The number of likely N-dealkylation sites (N-methyl/N-ethyl adjacent to an activating group) is 2. The first-order chi connectivity index (χ1) is 49.4. The number of nitrogens with zero attached hydrogens (tertiary/aromatic N) is 8. The number of carbonyl (C=O) groups excluding carboxylic acids is 4. The summed E-state index contributed by atoms with van der Waals surface area (Å²) in [6.45, 7) is 15.9. The molecule has 0 bridgehead atoms. The molecule has 5 aliphatic heterocycles. The van der Waals surface area contributed by atoms with Crippen molar-refractivity contribution in [2.75, 3.05) is 134 Å². The van der Waals surface area contributed by atoms with Crippen LogP contribution in [0, 0.1) is 5.82 Å². The van der Waals surface area contributed by atoms with Gasteiger partial charge in [-0.15, -0.1) is 0 Å². The van der Waals surface area contributed by atoms with Gasteiger partial charge in [-0.1, -0.05) is 108 Å². The summed E-state index contributed by atoms with van der Waals surface area (Å²) in [5.41, 5.74) is 5.38. The van der Waals surface area contributed by atoms with E-state index >= 15 is 14.4 Å². The third-order valence-electron chi connectivity index (χ3n) is 20.7. The molecule has 13 rings (SSSR count). The minimum absolute atomic E-state index is 0.0990. The lowest BCUT2D eigenvalue weighted by molar-refractivity contribution is -0.167. The summed E-state index contributed by atoms with van der Waals surface area (Å²) >= 11 is 6.49. The molecule has 1 fully saturated rings. The van der Waals surface area contributed by atoms with Crippen LogP contribution in [0.2, 0.25) is 0 Å². The fourth-order valence-electron chi connectivity index (χ4n) is 14.0. The quantitative estimate of drug-likeness (QED) is 0.0290. The maximum absolute atomic E-state index is 16.1. The molecule has 1 saturated heterocycles. The lowest BCUT2D eigenvalue weighted by Crippen LogP contribution is -2.46. The van der Waals surface area contributed by atoms with Crippen LogP contribution in [0.3, 0.4) is 0 Å². The number of rotatable bonds is 26. The van der Waals surface area contributed by atoms with E-state index < -0.39 is 53.3 Å². The zero-order chi connectivity index (χ0) is 72.5. The van der Waals surface area contributed by atoms with Crippen molar-refractivity contribution in [3.05, 3.63) is 192 Å². The van der Waals surface area contributed by atoms with Gasteiger partial charge in [-0.3, -0.25) is 19.2 Å². The number of hydrogen-bond donors (Lipinski definition) is 0. The summed E-state index contributed by atoms with van der Waals surface area (Å²) in [6.07, 6.45) is 4.04. The molecule has 20 heteroatoms. The van der Waals surface area contributed by atoms with Gasteiger partial charge < -0.3 is 53.4 Å². The Morgan fingerprint density at radius 2 is 0.903 bits per heavy atom. The lowest BCUT2D eigenvalue weighted by atomic mass is 9.81.